The van der Waals surface area contributed by atoms with Gasteiger partial charge in [0.2, 0.25) is 5.91 Å². The first kappa shape index (κ1) is 15.1. The van der Waals surface area contributed by atoms with Gasteiger partial charge < -0.3 is 20.1 Å². The topological polar surface area (TPSA) is 76.7 Å². The highest BCUT2D eigenvalue weighted by Gasteiger charge is 2.11. The van der Waals surface area contributed by atoms with Crippen molar-refractivity contribution in [3.8, 4) is 5.75 Å². The van der Waals surface area contributed by atoms with Crippen molar-refractivity contribution in [3.63, 3.8) is 0 Å². The molecule has 0 saturated carbocycles. The van der Waals surface area contributed by atoms with Crippen LogP contribution in [0.15, 0.2) is 12.1 Å². The fourth-order valence-electron chi connectivity index (χ4n) is 1.35. The number of benzene rings is 1. The Morgan fingerprint density at radius 1 is 1.32 bits per heavy atom. The van der Waals surface area contributed by atoms with Crippen molar-refractivity contribution < 1.29 is 19.1 Å². The average molecular weight is 287 g/mol. The number of carbonyl (C=O) groups is 2. The zero-order chi connectivity index (χ0) is 14.4. The number of ether oxygens (including phenoxy) is 2. The Balaban J connectivity index is 2.73. The Hall–Kier alpha value is -1.95. The number of rotatable bonds is 4. The number of carbonyl (C=O) groups excluding carboxylic acids is 2. The lowest BCUT2D eigenvalue weighted by atomic mass is 10.2. The molecular formula is C12H15ClN2O4. The predicted molar refractivity (Wildman–Crippen MR) is 71.8 cm³/mol. The number of methoxy groups -OCH3 is 2. The Kier molecular flexibility index (Phi) is 5.44. The van der Waals surface area contributed by atoms with Gasteiger partial charge in [-0.05, 0) is 18.6 Å². The van der Waals surface area contributed by atoms with E-state index in [0.29, 0.717) is 16.5 Å². The van der Waals surface area contributed by atoms with Gasteiger partial charge in [0.25, 0.3) is 0 Å². The summed E-state index contributed by atoms with van der Waals surface area (Å²) in [6.45, 7) is 1.61. The van der Waals surface area contributed by atoms with Gasteiger partial charge in [0.15, 0.2) is 0 Å². The van der Waals surface area contributed by atoms with Crippen LogP contribution in [0.5, 0.6) is 5.75 Å². The fourth-order valence-corrected chi connectivity index (χ4v) is 1.50. The largest absolute Gasteiger partial charge is 0.495 e. The van der Waals surface area contributed by atoms with Gasteiger partial charge in [-0.1, -0.05) is 11.6 Å². The summed E-state index contributed by atoms with van der Waals surface area (Å²) in [5.41, 5.74) is 1.29. The first-order valence-corrected chi connectivity index (χ1v) is 5.81. The van der Waals surface area contributed by atoms with Crippen molar-refractivity contribution in [2.75, 3.05) is 26.1 Å². The number of hydrogen-bond acceptors (Lipinski definition) is 4. The fraction of sp³-hybridized carbons (Fsp3) is 0.333. The van der Waals surface area contributed by atoms with E-state index in [0.717, 1.165) is 5.56 Å². The first-order valence-electron chi connectivity index (χ1n) is 5.43. The van der Waals surface area contributed by atoms with E-state index in [9.17, 15) is 9.59 Å². The van der Waals surface area contributed by atoms with Crippen LogP contribution in [0.2, 0.25) is 5.02 Å². The van der Waals surface area contributed by atoms with Crippen molar-refractivity contribution in [2.45, 2.75) is 6.92 Å². The summed E-state index contributed by atoms with van der Waals surface area (Å²) >= 11 is 5.96. The molecule has 6 nitrogen and oxygen atoms in total. The lowest BCUT2D eigenvalue weighted by Gasteiger charge is -2.12. The van der Waals surface area contributed by atoms with E-state index < -0.39 is 12.0 Å². The zero-order valence-electron chi connectivity index (χ0n) is 10.9. The van der Waals surface area contributed by atoms with Crippen LogP contribution < -0.4 is 15.4 Å². The Labute approximate surface area is 116 Å². The third-order valence-electron chi connectivity index (χ3n) is 2.33. The van der Waals surface area contributed by atoms with Gasteiger partial charge in [0, 0.05) is 11.1 Å². The first-order chi connectivity index (χ1) is 8.97. The van der Waals surface area contributed by atoms with Gasteiger partial charge in [-0.3, -0.25) is 4.79 Å². The van der Waals surface area contributed by atoms with Gasteiger partial charge in [0.1, 0.15) is 12.3 Å². The molecule has 0 aliphatic carbocycles. The third-order valence-corrected chi connectivity index (χ3v) is 2.74. The SMILES string of the molecule is COC(=O)NCC(=O)Nc1cc(C)c(Cl)cc1OC. The van der Waals surface area contributed by atoms with Crippen LogP contribution in [0.3, 0.4) is 0 Å². The highest BCUT2D eigenvalue weighted by Crippen LogP contribution is 2.30. The van der Waals surface area contributed by atoms with Gasteiger partial charge in [-0.2, -0.15) is 0 Å². The van der Waals surface area contributed by atoms with Crippen molar-refractivity contribution in [2.24, 2.45) is 0 Å². The molecule has 0 atom stereocenters. The molecule has 0 aliphatic rings. The maximum atomic E-state index is 11.6. The van der Waals surface area contributed by atoms with Crippen molar-refractivity contribution in [3.05, 3.63) is 22.7 Å². The molecule has 104 valence electrons. The van der Waals surface area contributed by atoms with Crippen LogP contribution in [-0.4, -0.2) is 32.8 Å². The quantitative estimate of drug-likeness (QED) is 0.887. The van der Waals surface area contributed by atoms with E-state index >= 15 is 0 Å². The second-order valence-corrected chi connectivity index (χ2v) is 4.10. The van der Waals surface area contributed by atoms with E-state index in [4.69, 9.17) is 16.3 Å². The van der Waals surface area contributed by atoms with E-state index in [1.807, 2.05) is 6.92 Å². The number of nitrogens with one attached hydrogen (secondary N) is 2. The molecule has 1 aromatic carbocycles. The normalized spacial score (nSPS) is 9.68. The number of alkyl carbamates (subject to hydrolysis) is 1. The van der Waals surface area contributed by atoms with Crippen LogP contribution in [-0.2, 0) is 9.53 Å². The van der Waals surface area contributed by atoms with Crippen LogP contribution in [0, 0.1) is 6.92 Å². The molecule has 0 bridgehead atoms. The van der Waals surface area contributed by atoms with Crippen molar-refractivity contribution in [1.29, 1.82) is 0 Å². The highest BCUT2D eigenvalue weighted by atomic mass is 35.5. The maximum Gasteiger partial charge on any atom is 0.407 e. The molecule has 0 fully saturated rings. The minimum atomic E-state index is -0.672. The molecule has 0 aliphatic heterocycles. The molecule has 2 amide bonds. The number of hydrogen-bond donors (Lipinski definition) is 2. The molecule has 1 aromatic rings. The summed E-state index contributed by atoms with van der Waals surface area (Å²) in [6.07, 6.45) is -0.672. The molecule has 7 heteroatoms. The summed E-state index contributed by atoms with van der Waals surface area (Å²) in [4.78, 5) is 22.5. The van der Waals surface area contributed by atoms with Crippen LogP contribution in [0.25, 0.3) is 0 Å². The van der Waals surface area contributed by atoms with Gasteiger partial charge in [-0.15, -0.1) is 0 Å². The molecule has 19 heavy (non-hydrogen) atoms. The molecule has 0 saturated heterocycles. The summed E-state index contributed by atoms with van der Waals surface area (Å²) in [5.74, 6) is 0.0486. The van der Waals surface area contributed by atoms with Gasteiger partial charge in [-0.25, -0.2) is 4.79 Å². The minimum Gasteiger partial charge on any atom is -0.495 e. The molecule has 0 radical (unpaired) electrons. The maximum absolute atomic E-state index is 11.6. The van der Waals surface area contributed by atoms with Crippen molar-refractivity contribution in [1.82, 2.24) is 5.32 Å². The van der Waals surface area contributed by atoms with Crippen LogP contribution in [0.1, 0.15) is 5.56 Å². The average Bonchev–Trinajstić information content (AvgIpc) is 2.39. The lowest BCUT2D eigenvalue weighted by molar-refractivity contribution is -0.115. The molecule has 0 unspecified atom stereocenters. The Bertz CT molecular complexity index is 491. The number of anilines is 1. The molecule has 0 aromatic heterocycles. The van der Waals surface area contributed by atoms with E-state index in [-0.39, 0.29) is 6.54 Å². The molecular weight excluding hydrogens is 272 g/mol. The number of amides is 2. The van der Waals surface area contributed by atoms with Crippen molar-refractivity contribution >= 4 is 29.3 Å². The highest BCUT2D eigenvalue weighted by molar-refractivity contribution is 6.31. The Morgan fingerprint density at radius 3 is 2.58 bits per heavy atom. The monoisotopic (exact) mass is 286 g/mol. The lowest BCUT2D eigenvalue weighted by Crippen LogP contribution is -2.32. The van der Waals surface area contributed by atoms with Gasteiger partial charge in [0.05, 0.1) is 19.9 Å². The number of aryl methyl sites for hydroxylation is 1. The van der Waals surface area contributed by atoms with Crippen LogP contribution >= 0.6 is 11.6 Å². The summed E-state index contributed by atoms with van der Waals surface area (Å²) < 4.78 is 9.48. The second kappa shape index (κ2) is 6.84. The van der Waals surface area contributed by atoms with Crippen LogP contribution in [0.4, 0.5) is 10.5 Å². The second-order valence-electron chi connectivity index (χ2n) is 3.69. The zero-order valence-corrected chi connectivity index (χ0v) is 11.6. The predicted octanol–water partition coefficient (Wildman–Crippen LogP) is 1.95. The van der Waals surface area contributed by atoms with Gasteiger partial charge >= 0.3 is 6.09 Å². The minimum absolute atomic E-state index is 0.197. The molecule has 2 N–H and O–H groups in total. The van der Waals surface area contributed by atoms with E-state index in [1.54, 1.807) is 12.1 Å². The van der Waals surface area contributed by atoms with E-state index in [2.05, 4.69) is 15.4 Å². The molecule has 0 spiro atoms. The van der Waals surface area contributed by atoms with E-state index in [1.165, 1.54) is 14.2 Å². The summed E-state index contributed by atoms with van der Waals surface area (Å²) in [5, 5.41) is 5.44. The smallest absolute Gasteiger partial charge is 0.407 e. The summed E-state index contributed by atoms with van der Waals surface area (Å²) in [6, 6.07) is 3.30. The number of halogens is 1. The summed E-state index contributed by atoms with van der Waals surface area (Å²) in [7, 11) is 2.70. The molecule has 1 rings (SSSR count). The standard InChI is InChI=1S/C12H15ClN2O4/c1-7-4-9(10(18-2)5-8(7)13)15-11(16)6-14-12(17)19-3/h4-5H,6H2,1-3H3,(H,14,17)(H,15,16). The molecule has 0 heterocycles. The Morgan fingerprint density at radius 2 is 2.00 bits per heavy atom. The third kappa shape index (κ3) is 4.33.